The van der Waals surface area contributed by atoms with Gasteiger partial charge in [-0.1, -0.05) is 15.9 Å². The number of halogens is 2. The fourth-order valence-corrected chi connectivity index (χ4v) is 2.29. The van der Waals surface area contributed by atoms with E-state index in [0.717, 1.165) is 15.6 Å². The van der Waals surface area contributed by atoms with Gasteiger partial charge in [0.1, 0.15) is 0 Å². The van der Waals surface area contributed by atoms with Crippen LogP contribution in [0.3, 0.4) is 0 Å². The molecule has 0 spiro atoms. The Morgan fingerprint density at radius 3 is 3.00 bits per heavy atom. The number of hydrogen-bond acceptors (Lipinski definition) is 1. The van der Waals surface area contributed by atoms with Crippen molar-refractivity contribution in [1.29, 1.82) is 0 Å². The highest BCUT2D eigenvalue weighted by atomic mass is 127. The average Bonchev–Trinajstić information content (AvgIpc) is 2.28. The minimum absolute atomic E-state index is 0.109. The third-order valence-corrected chi connectivity index (χ3v) is 3.10. The normalized spacial score (nSPS) is 15.2. The van der Waals surface area contributed by atoms with Crippen LogP contribution >= 0.6 is 38.8 Å². The molecule has 1 aromatic carbocycles. The lowest BCUT2D eigenvalue weighted by Crippen LogP contribution is -2.09. The van der Waals surface area contributed by atoms with Crippen molar-refractivity contribution in [3.05, 3.63) is 33.8 Å². The second-order valence-electron chi connectivity index (χ2n) is 2.63. The number of nitrogens with zero attached hydrogens (tertiary/aromatic N) is 1. The highest BCUT2D eigenvalue weighted by molar-refractivity contribution is 14.1. The van der Waals surface area contributed by atoms with Gasteiger partial charge in [-0.15, -0.1) is 0 Å². The van der Waals surface area contributed by atoms with Crippen LogP contribution in [0.1, 0.15) is 15.9 Å². The van der Waals surface area contributed by atoms with Crippen LogP contribution in [-0.2, 0) is 6.54 Å². The van der Waals surface area contributed by atoms with Gasteiger partial charge in [-0.3, -0.25) is 7.91 Å². The number of benzene rings is 1. The molecule has 2 rings (SSSR count). The van der Waals surface area contributed by atoms with Crippen molar-refractivity contribution in [1.82, 2.24) is 3.11 Å². The standard InChI is InChI=1S/C8H5BrINO/c9-6-1-2-7-5(3-6)4-11(10)8(7)12/h1-3H,4H2. The fraction of sp³-hybridized carbons (Fsp3) is 0.125. The summed E-state index contributed by atoms with van der Waals surface area (Å²) in [6, 6.07) is 5.75. The summed E-state index contributed by atoms with van der Waals surface area (Å²) in [5, 5.41) is 0. The molecule has 0 unspecified atom stereocenters. The van der Waals surface area contributed by atoms with E-state index in [2.05, 4.69) is 15.9 Å². The molecule has 1 aromatic rings. The Hall–Kier alpha value is -0.100. The fourth-order valence-electron chi connectivity index (χ4n) is 1.25. The molecule has 12 heavy (non-hydrogen) atoms. The number of carbonyl (C=O) groups excluding carboxylic acids is 1. The van der Waals surface area contributed by atoms with Crippen LogP contribution in [0.5, 0.6) is 0 Å². The maximum Gasteiger partial charge on any atom is 0.263 e. The summed E-state index contributed by atoms with van der Waals surface area (Å²) in [6.07, 6.45) is 0. The van der Waals surface area contributed by atoms with Crippen molar-refractivity contribution in [3.63, 3.8) is 0 Å². The summed E-state index contributed by atoms with van der Waals surface area (Å²) >= 11 is 5.41. The van der Waals surface area contributed by atoms with Gasteiger partial charge in [0.15, 0.2) is 0 Å². The lowest BCUT2D eigenvalue weighted by molar-refractivity contribution is 0.0905. The Morgan fingerprint density at radius 2 is 2.25 bits per heavy atom. The van der Waals surface area contributed by atoms with E-state index in [-0.39, 0.29) is 5.91 Å². The lowest BCUT2D eigenvalue weighted by Gasteiger charge is -2.00. The van der Waals surface area contributed by atoms with E-state index < -0.39 is 0 Å². The van der Waals surface area contributed by atoms with Crippen LogP contribution in [0.15, 0.2) is 22.7 Å². The number of hydrogen-bond donors (Lipinski definition) is 0. The Bertz CT molecular complexity index is 353. The van der Waals surface area contributed by atoms with Gasteiger partial charge >= 0.3 is 0 Å². The molecule has 4 heteroatoms. The van der Waals surface area contributed by atoms with Crippen molar-refractivity contribution in [2.24, 2.45) is 0 Å². The molecule has 0 aliphatic carbocycles. The predicted molar refractivity (Wildman–Crippen MR) is 58.0 cm³/mol. The molecule has 1 heterocycles. The highest BCUT2D eigenvalue weighted by Gasteiger charge is 2.25. The average molecular weight is 338 g/mol. The summed E-state index contributed by atoms with van der Waals surface area (Å²) in [4.78, 5) is 11.4. The Labute approximate surface area is 92.6 Å². The van der Waals surface area contributed by atoms with Gasteiger partial charge in [0, 0.05) is 10.0 Å². The van der Waals surface area contributed by atoms with Gasteiger partial charge < -0.3 is 0 Å². The molecule has 62 valence electrons. The minimum atomic E-state index is 0.109. The van der Waals surface area contributed by atoms with Crippen molar-refractivity contribution >= 4 is 44.7 Å². The molecule has 1 amide bonds. The molecule has 0 aromatic heterocycles. The van der Waals surface area contributed by atoms with Crippen LogP contribution in [0.2, 0.25) is 0 Å². The molecular formula is C8H5BrINO. The van der Waals surface area contributed by atoms with Crippen LogP contribution in [0, 0.1) is 0 Å². The van der Waals surface area contributed by atoms with E-state index in [0.29, 0.717) is 6.54 Å². The first-order chi connectivity index (χ1) is 5.68. The van der Waals surface area contributed by atoms with Crippen LogP contribution in [0.25, 0.3) is 0 Å². The molecular weight excluding hydrogens is 333 g/mol. The van der Waals surface area contributed by atoms with Crippen LogP contribution in [-0.4, -0.2) is 9.02 Å². The van der Waals surface area contributed by atoms with Crippen LogP contribution < -0.4 is 0 Å². The van der Waals surface area contributed by atoms with Crippen molar-refractivity contribution < 1.29 is 4.79 Å². The smallest absolute Gasteiger partial charge is 0.263 e. The number of amides is 1. The number of carbonyl (C=O) groups is 1. The molecule has 0 radical (unpaired) electrons. The minimum Gasteiger partial charge on any atom is -0.276 e. The number of fused-ring (bicyclic) bond motifs is 1. The molecule has 1 aliphatic heterocycles. The van der Waals surface area contributed by atoms with Gasteiger partial charge in [-0.2, -0.15) is 0 Å². The monoisotopic (exact) mass is 337 g/mol. The molecule has 1 aliphatic rings. The predicted octanol–water partition coefficient (Wildman–Crippen LogP) is 2.75. The Kier molecular flexibility index (Phi) is 2.12. The SMILES string of the molecule is O=C1c2ccc(Br)cc2CN1I. The van der Waals surface area contributed by atoms with E-state index in [4.69, 9.17) is 0 Å². The van der Waals surface area contributed by atoms with E-state index in [1.807, 2.05) is 41.1 Å². The van der Waals surface area contributed by atoms with Gasteiger partial charge in [0.2, 0.25) is 0 Å². The summed E-state index contributed by atoms with van der Waals surface area (Å²) in [7, 11) is 0. The summed E-state index contributed by atoms with van der Waals surface area (Å²) in [5.74, 6) is 0.109. The first-order valence-electron chi connectivity index (χ1n) is 3.44. The quantitative estimate of drug-likeness (QED) is 0.526. The second kappa shape index (κ2) is 2.99. The van der Waals surface area contributed by atoms with E-state index in [1.54, 1.807) is 3.11 Å². The van der Waals surface area contributed by atoms with E-state index >= 15 is 0 Å². The molecule has 0 N–H and O–H groups in total. The largest absolute Gasteiger partial charge is 0.276 e. The van der Waals surface area contributed by atoms with Crippen molar-refractivity contribution in [2.45, 2.75) is 6.54 Å². The summed E-state index contributed by atoms with van der Waals surface area (Å²) in [5.41, 5.74) is 1.93. The second-order valence-corrected chi connectivity index (χ2v) is 4.71. The maximum atomic E-state index is 11.4. The third-order valence-electron chi connectivity index (χ3n) is 1.83. The topological polar surface area (TPSA) is 20.3 Å². The van der Waals surface area contributed by atoms with E-state index in [9.17, 15) is 4.79 Å². The van der Waals surface area contributed by atoms with Crippen molar-refractivity contribution in [3.8, 4) is 0 Å². The summed E-state index contributed by atoms with van der Waals surface area (Å²) < 4.78 is 2.72. The maximum absolute atomic E-state index is 11.4. The van der Waals surface area contributed by atoms with Crippen LogP contribution in [0.4, 0.5) is 0 Å². The first kappa shape index (κ1) is 8.50. The lowest BCUT2D eigenvalue weighted by atomic mass is 10.1. The molecule has 0 saturated heterocycles. The Balaban J connectivity index is 2.54. The molecule has 2 nitrogen and oxygen atoms in total. The van der Waals surface area contributed by atoms with Gasteiger partial charge in [0.25, 0.3) is 5.91 Å². The zero-order valence-corrected chi connectivity index (χ0v) is 9.79. The first-order valence-corrected chi connectivity index (χ1v) is 5.20. The summed E-state index contributed by atoms with van der Waals surface area (Å²) in [6.45, 7) is 0.716. The zero-order valence-electron chi connectivity index (χ0n) is 6.05. The highest BCUT2D eigenvalue weighted by Crippen LogP contribution is 2.27. The van der Waals surface area contributed by atoms with Crippen molar-refractivity contribution in [2.75, 3.05) is 0 Å². The number of rotatable bonds is 0. The van der Waals surface area contributed by atoms with Gasteiger partial charge in [-0.05, 0) is 23.8 Å². The third kappa shape index (κ3) is 1.26. The molecule has 0 atom stereocenters. The zero-order chi connectivity index (χ0) is 8.72. The molecule has 0 fully saturated rings. The van der Waals surface area contributed by atoms with Gasteiger partial charge in [-0.25, -0.2) is 0 Å². The van der Waals surface area contributed by atoms with E-state index in [1.165, 1.54) is 0 Å². The molecule has 0 saturated carbocycles. The van der Waals surface area contributed by atoms with Gasteiger partial charge in [0.05, 0.1) is 29.4 Å². The Morgan fingerprint density at radius 1 is 1.50 bits per heavy atom. The molecule has 0 bridgehead atoms.